The van der Waals surface area contributed by atoms with E-state index in [1.54, 1.807) is 12.1 Å². The third-order valence-electron chi connectivity index (χ3n) is 10.3. The lowest BCUT2D eigenvalue weighted by atomic mass is 9.95. The molecule has 0 unspecified atom stereocenters. The quantitative estimate of drug-likeness (QED) is 0.305. The first kappa shape index (κ1) is 28.6. The van der Waals surface area contributed by atoms with E-state index < -0.39 is 17.5 Å². The van der Waals surface area contributed by atoms with E-state index in [1.165, 1.54) is 0 Å². The number of phenolic OH excluding ortho intramolecular Hbond substituents is 1. The van der Waals surface area contributed by atoms with Crippen molar-refractivity contribution in [3.63, 3.8) is 0 Å². The number of anilines is 1. The number of hydrogen-bond acceptors (Lipinski definition) is 9. The van der Waals surface area contributed by atoms with Crippen LogP contribution in [0.5, 0.6) is 17.6 Å². The Hall–Kier alpha value is -3.83. The van der Waals surface area contributed by atoms with Crippen LogP contribution in [0.25, 0.3) is 32.9 Å². The zero-order valence-electron chi connectivity index (χ0n) is 25.7. The Morgan fingerprint density at radius 1 is 1.16 bits per heavy atom. The van der Waals surface area contributed by atoms with Gasteiger partial charge in [0.25, 0.3) is 0 Å². The summed E-state index contributed by atoms with van der Waals surface area (Å²) in [6.07, 6.45) is 3.00. The molecule has 0 aliphatic carbocycles. The maximum absolute atomic E-state index is 17.0. The van der Waals surface area contributed by atoms with E-state index in [9.17, 15) is 9.50 Å². The average molecular weight is 617 g/mol. The number of rotatable bonds is 6. The van der Waals surface area contributed by atoms with Crippen LogP contribution in [0.4, 0.5) is 14.6 Å². The number of benzene rings is 2. The summed E-state index contributed by atoms with van der Waals surface area (Å²) >= 11 is 0. The predicted octanol–water partition coefficient (Wildman–Crippen LogP) is 5.16. The molecule has 3 saturated heterocycles. The van der Waals surface area contributed by atoms with Gasteiger partial charge in [-0.2, -0.15) is 9.97 Å². The second-order valence-corrected chi connectivity index (χ2v) is 13.0. The third kappa shape index (κ3) is 4.65. The number of aromatic nitrogens is 3. The fourth-order valence-corrected chi connectivity index (χ4v) is 8.00. The Balaban J connectivity index is 1.32. The molecule has 0 bridgehead atoms. The summed E-state index contributed by atoms with van der Waals surface area (Å²) in [7, 11) is 0. The Morgan fingerprint density at radius 2 is 2.04 bits per heavy atom. The van der Waals surface area contributed by atoms with Gasteiger partial charge in [0, 0.05) is 37.7 Å². The smallest absolute Gasteiger partial charge is 0.319 e. The van der Waals surface area contributed by atoms with Crippen molar-refractivity contribution >= 4 is 27.5 Å². The summed E-state index contributed by atoms with van der Waals surface area (Å²) in [5, 5.41) is 16.3. The second kappa shape index (κ2) is 10.9. The molecule has 0 radical (unpaired) electrons. The number of halogens is 2. The van der Waals surface area contributed by atoms with Crippen molar-refractivity contribution < 1.29 is 23.4 Å². The van der Waals surface area contributed by atoms with Crippen molar-refractivity contribution in [2.75, 3.05) is 44.3 Å². The fraction of sp³-hybridized carbons (Fsp3) is 0.500. The summed E-state index contributed by atoms with van der Waals surface area (Å²) < 4.78 is 44.2. The number of piperazine rings is 1. The van der Waals surface area contributed by atoms with Crippen LogP contribution in [0, 0.1) is 5.82 Å². The first-order chi connectivity index (χ1) is 21.9. The summed E-state index contributed by atoms with van der Waals surface area (Å²) in [5.41, 5.74) is 1.20. The Labute approximate surface area is 260 Å². The number of pyridine rings is 1. The van der Waals surface area contributed by atoms with Gasteiger partial charge in [0.05, 0.1) is 11.6 Å². The molecule has 0 saturated carbocycles. The second-order valence-electron chi connectivity index (χ2n) is 13.0. The van der Waals surface area contributed by atoms with E-state index in [0.717, 1.165) is 48.6 Å². The van der Waals surface area contributed by atoms with E-state index in [1.807, 2.05) is 25.1 Å². The van der Waals surface area contributed by atoms with Gasteiger partial charge >= 0.3 is 6.01 Å². The van der Waals surface area contributed by atoms with Gasteiger partial charge in [0.15, 0.2) is 5.82 Å². The normalized spacial score (nSPS) is 26.1. The monoisotopic (exact) mass is 616 g/mol. The number of alkyl halides is 1. The third-order valence-corrected chi connectivity index (χ3v) is 10.3. The first-order valence-corrected chi connectivity index (χ1v) is 16.2. The number of phenols is 1. The number of ether oxygens (including phenoxy) is 2. The first-order valence-electron chi connectivity index (χ1n) is 16.2. The molecule has 4 aliphatic heterocycles. The SMILES string of the molecule is CCc1cccc2cc(O)cc(-c3nc4c5c(nc(OC[C@]67CCCN6C[C@H](F)C7)nc5c3F)N3C[C@@H](CC)NC[C@H]3CO4)c12. The summed E-state index contributed by atoms with van der Waals surface area (Å²) in [5.74, 6) is 0.182. The van der Waals surface area contributed by atoms with Crippen LogP contribution >= 0.6 is 0 Å². The predicted molar refractivity (Wildman–Crippen MR) is 169 cm³/mol. The van der Waals surface area contributed by atoms with Gasteiger partial charge in [-0.3, -0.25) is 4.90 Å². The topological polar surface area (TPSA) is 95.9 Å². The molecule has 2 aromatic carbocycles. The van der Waals surface area contributed by atoms with Gasteiger partial charge in [-0.05, 0) is 60.7 Å². The summed E-state index contributed by atoms with van der Waals surface area (Å²) in [6.45, 7) is 7.35. The number of aromatic hydroxyl groups is 1. The van der Waals surface area contributed by atoms with E-state index in [-0.39, 0.29) is 47.5 Å². The molecule has 8 rings (SSSR count). The number of nitrogens with zero attached hydrogens (tertiary/aromatic N) is 5. The molecule has 0 amide bonds. The molecule has 2 aromatic heterocycles. The molecule has 236 valence electrons. The maximum Gasteiger partial charge on any atom is 0.319 e. The highest BCUT2D eigenvalue weighted by Gasteiger charge is 2.49. The van der Waals surface area contributed by atoms with Crippen LogP contribution in [-0.4, -0.2) is 88.1 Å². The molecular formula is C34H38F2N6O3. The minimum atomic E-state index is -0.889. The zero-order chi connectivity index (χ0) is 30.9. The lowest BCUT2D eigenvalue weighted by Gasteiger charge is -2.39. The Kier molecular flexibility index (Phi) is 6.94. The Bertz CT molecular complexity index is 1810. The molecule has 0 spiro atoms. The highest BCUT2D eigenvalue weighted by Crippen LogP contribution is 2.44. The van der Waals surface area contributed by atoms with Gasteiger partial charge in [-0.25, -0.2) is 13.8 Å². The standard InChI is InChI=1S/C34H38F2N6O3/c1-3-19-7-5-8-20-11-24(43)12-25(26(19)20)29-28(36)30-27-31(42-16-22(4-2)37-14-23(42)17-44-32(27)38-29)40-33(39-30)45-18-34-9-6-10-41(34)15-21(35)13-34/h5,7-8,11-12,21-23,37,43H,3-4,6,9-10,13-18H2,1-2H3/t21-,22-,23+,34-/m1/s1. The number of fused-ring (bicyclic) bond motifs is 4. The fourth-order valence-electron chi connectivity index (χ4n) is 8.00. The minimum absolute atomic E-state index is 0.0168. The number of nitrogens with one attached hydrogen (secondary N) is 1. The Morgan fingerprint density at radius 3 is 2.89 bits per heavy atom. The van der Waals surface area contributed by atoms with Crippen LogP contribution in [0.15, 0.2) is 30.3 Å². The van der Waals surface area contributed by atoms with Crippen molar-refractivity contribution in [1.82, 2.24) is 25.2 Å². The highest BCUT2D eigenvalue weighted by molar-refractivity contribution is 6.03. The van der Waals surface area contributed by atoms with Crippen LogP contribution in [-0.2, 0) is 6.42 Å². The molecule has 4 aliphatic rings. The van der Waals surface area contributed by atoms with E-state index in [2.05, 4.69) is 27.0 Å². The lowest BCUT2D eigenvalue weighted by molar-refractivity contribution is 0.107. The van der Waals surface area contributed by atoms with Crippen molar-refractivity contribution in [3.05, 3.63) is 41.7 Å². The summed E-state index contributed by atoms with van der Waals surface area (Å²) in [4.78, 5) is 18.7. The molecule has 4 atom stereocenters. The molecule has 4 aromatic rings. The van der Waals surface area contributed by atoms with Crippen LogP contribution < -0.4 is 19.7 Å². The van der Waals surface area contributed by atoms with E-state index >= 15 is 4.39 Å². The van der Waals surface area contributed by atoms with Crippen molar-refractivity contribution in [2.24, 2.45) is 0 Å². The van der Waals surface area contributed by atoms with E-state index in [4.69, 9.17) is 19.4 Å². The molecule has 6 heterocycles. The molecule has 9 nitrogen and oxygen atoms in total. The van der Waals surface area contributed by atoms with Crippen molar-refractivity contribution in [3.8, 4) is 28.9 Å². The van der Waals surface area contributed by atoms with Gasteiger partial charge < -0.3 is 24.8 Å². The zero-order valence-corrected chi connectivity index (χ0v) is 25.7. The maximum atomic E-state index is 17.0. The van der Waals surface area contributed by atoms with Gasteiger partial charge in [0.1, 0.15) is 47.5 Å². The van der Waals surface area contributed by atoms with Crippen LogP contribution in [0.3, 0.4) is 0 Å². The van der Waals surface area contributed by atoms with Gasteiger partial charge in [-0.15, -0.1) is 0 Å². The van der Waals surface area contributed by atoms with E-state index in [0.29, 0.717) is 49.4 Å². The van der Waals surface area contributed by atoms with Crippen molar-refractivity contribution in [1.29, 1.82) is 0 Å². The largest absolute Gasteiger partial charge is 0.508 e. The number of aryl methyl sites for hydroxylation is 1. The molecule has 3 fully saturated rings. The minimum Gasteiger partial charge on any atom is -0.508 e. The number of hydrogen-bond donors (Lipinski definition) is 2. The average Bonchev–Trinajstić information content (AvgIpc) is 3.52. The lowest BCUT2D eigenvalue weighted by Crippen LogP contribution is -2.58. The van der Waals surface area contributed by atoms with Gasteiger partial charge in [-0.1, -0.05) is 32.0 Å². The summed E-state index contributed by atoms with van der Waals surface area (Å²) in [6, 6.07) is 9.31. The van der Waals surface area contributed by atoms with Crippen molar-refractivity contribution in [2.45, 2.75) is 69.7 Å². The molecule has 11 heteroatoms. The van der Waals surface area contributed by atoms with Gasteiger partial charge in [0.2, 0.25) is 5.88 Å². The van der Waals surface area contributed by atoms with Crippen LogP contribution in [0.2, 0.25) is 0 Å². The molecule has 2 N–H and O–H groups in total. The molecule has 45 heavy (non-hydrogen) atoms. The molecular weight excluding hydrogens is 578 g/mol. The van der Waals surface area contributed by atoms with Crippen LogP contribution in [0.1, 0.15) is 45.1 Å². The highest BCUT2D eigenvalue weighted by atomic mass is 19.1.